The van der Waals surface area contributed by atoms with Gasteiger partial charge in [-0.2, -0.15) is 0 Å². The van der Waals surface area contributed by atoms with Crippen LogP contribution in [0, 0.1) is 5.92 Å². The summed E-state index contributed by atoms with van der Waals surface area (Å²) in [5.74, 6) is 1.34. The van der Waals surface area contributed by atoms with Crippen LogP contribution < -0.4 is 14.8 Å². The van der Waals surface area contributed by atoms with E-state index >= 15 is 0 Å². The second kappa shape index (κ2) is 8.22. The Morgan fingerprint density at radius 3 is 2.73 bits per heavy atom. The number of benzene rings is 1. The topological polar surface area (TPSA) is 93.7 Å². The molecule has 3 aliphatic rings. The van der Waals surface area contributed by atoms with E-state index in [1.165, 1.54) is 17.8 Å². The molecule has 1 aliphatic carbocycles. The van der Waals surface area contributed by atoms with Gasteiger partial charge in [0.05, 0.1) is 6.04 Å². The van der Waals surface area contributed by atoms with E-state index in [4.69, 9.17) is 9.47 Å². The number of anilines is 1. The standard InChI is InChI=1S/C21H24N4O4S/c26-18(22-14-8-9-16-17(11-14)29-12-28-16)20-24-23-19(30-20)15-7-4-10-25(15)21(27)13-5-2-1-3-6-13/h8-9,11,13,15H,1-7,10,12H2,(H,22,26)/t15-/m1/s1. The molecule has 1 saturated heterocycles. The molecule has 0 spiro atoms. The van der Waals surface area contributed by atoms with Gasteiger partial charge in [-0.3, -0.25) is 9.59 Å². The number of hydrogen-bond acceptors (Lipinski definition) is 7. The Bertz CT molecular complexity index is 956. The van der Waals surface area contributed by atoms with Crippen molar-refractivity contribution in [1.29, 1.82) is 0 Å². The van der Waals surface area contributed by atoms with Crippen LogP contribution >= 0.6 is 11.3 Å². The number of fused-ring (bicyclic) bond motifs is 1. The zero-order valence-corrected chi connectivity index (χ0v) is 17.5. The molecule has 5 rings (SSSR count). The molecule has 158 valence electrons. The van der Waals surface area contributed by atoms with Crippen LogP contribution in [0.1, 0.15) is 65.8 Å². The summed E-state index contributed by atoms with van der Waals surface area (Å²) in [7, 11) is 0. The maximum atomic E-state index is 13.0. The van der Waals surface area contributed by atoms with Gasteiger partial charge in [0.15, 0.2) is 11.5 Å². The molecule has 1 saturated carbocycles. The van der Waals surface area contributed by atoms with Crippen LogP contribution in [0.15, 0.2) is 18.2 Å². The zero-order chi connectivity index (χ0) is 20.5. The first kappa shape index (κ1) is 19.3. The van der Waals surface area contributed by atoms with E-state index in [9.17, 15) is 9.59 Å². The van der Waals surface area contributed by atoms with Crippen molar-refractivity contribution in [1.82, 2.24) is 15.1 Å². The third-order valence-electron chi connectivity index (χ3n) is 6.04. The van der Waals surface area contributed by atoms with Crippen molar-refractivity contribution in [2.75, 3.05) is 18.7 Å². The van der Waals surface area contributed by atoms with Crippen molar-refractivity contribution >= 4 is 28.8 Å². The highest BCUT2D eigenvalue weighted by atomic mass is 32.1. The summed E-state index contributed by atoms with van der Waals surface area (Å²) >= 11 is 1.27. The van der Waals surface area contributed by atoms with Gasteiger partial charge < -0.3 is 19.7 Å². The summed E-state index contributed by atoms with van der Waals surface area (Å²) in [6, 6.07) is 5.18. The number of amides is 2. The summed E-state index contributed by atoms with van der Waals surface area (Å²) in [6.45, 7) is 0.947. The van der Waals surface area contributed by atoms with Crippen molar-refractivity contribution < 1.29 is 19.1 Å². The van der Waals surface area contributed by atoms with Gasteiger partial charge in [-0.1, -0.05) is 30.6 Å². The summed E-state index contributed by atoms with van der Waals surface area (Å²) in [5, 5.41) is 12.2. The first-order chi connectivity index (χ1) is 14.7. The molecular weight excluding hydrogens is 404 g/mol. The van der Waals surface area contributed by atoms with Gasteiger partial charge in [-0.15, -0.1) is 10.2 Å². The highest BCUT2D eigenvalue weighted by Gasteiger charge is 2.36. The molecule has 0 radical (unpaired) electrons. The molecule has 0 unspecified atom stereocenters. The summed E-state index contributed by atoms with van der Waals surface area (Å²) < 4.78 is 10.6. The molecule has 8 nitrogen and oxygen atoms in total. The van der Waals surface area contributed by atoms with Crippen LogP contribution in [0.3, 0.4) is 0 Å². The monoisotopic (exact) mass is 428 g/mol. The lowest BCUT2D eigenvalue weighted by Gasteiger charge is -2.29. The van der Waals surface area contributed by atoms with Crippen molar-refractivity contribution in [2.24, 2.45) is 5.92 Å². The molecular formula is C21H24N4O4S. The van der Waals surface area contributed by atoms with Crippen LogP contribution in [-0.4, -0.2) is 40.2 Å². The third kappa shape index (κ3) is 3.74. The molecule has 2 aliphatic heterocycles. The molecule has 2 fully saturated rings. The molecule has 1 aromatic carbocycles. The van der Waals surface area contributed by atoms with Crippen molar-refractivity contribution in [2.45, 2.75) is 51.0 Å². The lowest BCUT2D eigenvalue weighted by Crippen LogP contribution is -2.36. The Hall–Kier alpha value is -2.68. The van der Waals surface area contributed by atoms with Crippen molar-refractivity contribution in [3.63, 3.8) is 0 Å². The minimum atomic E-state index is -0.319. The minimum absolute atomic E-state index is 0.0657. The second-order valence-electron chi connectivity index (χ2n) is 7.99. The lowest BCUT2D eigenvalue weighted by atomic mass is 9.88. The lowest BCUT2D eigenvalue weighted by molar-refractivity contribution is -0.137. The number of carbonyl (C=O) groups is 2. The summed E-state index contributed by atoms with van der Waals surface area (Å²) in [5.41, 5.74) is 0.607. The Labute approximate surface area is 178 Å². The van der Waals surface area contributed by atoms with Gasteiger partial charge in [-0.05, 0) is 37.8 Å². The third-order valence-corrected chi connectivity index (χ3v) is 7.06. The molecule has 3 heterocycles. The highest BCUT2D eigenvalue weighted by molar-refractivity contribution is 7.13. The van der Waals surface area contributed by atoms with E-state index in [0.29, 0.717) is 22.2 Å². The van der Waals surface area contributed by atoms with Crippen molar-refractivity contribution in [3.05, 3.63) is 28.2 Å². The number of rotatable bonds is 4. The molecule has 1 atom stereocenters. The van der Waals surface area contributed by atoms with E-state index < -0.39 is 0 Å². The van der Waals surface area contributed by atoms with Crippen molar-refractivity contribution in [3.8, 4) is 11.5 Å². The average Bonchev–Trinajstić information content (AvgIpc) is 3.53. The number of nitrogens with one attached hydrogen (secondary N) is 1. The number of likely N-dealkylation sites (tertiary alicyclic amines) is 1. The first-order valence-corrected chi connectivity index (χ1v) is 11.4. The number of hydrogen-bond donors (Lipinski definition) is 1. The molecule has 2 amide bonds. The fourth-order valence-electron chi connectivity index (χ4n) is 4.49. The number of ether oxygens (including phenoxy) is 2. The maximum Gasteiger partial charge on any atom is 0.286 e. The van der Waals surface area contributed by atoms with Crippen LogP contribution in [0.2, 0.25) is 0 Å². The quantitative estimate of drug-likeness (QED) is 0.797. The highest BCUT2D eigenvalue weighted by Crippen LogP contribution is 2.37. The number of carbonyl (C=O) groups excluding carboxylic acids is 2. The SMILES string of the molecule is O=C(Nc1ccc2c(c1)OCO2)c1nnc([C@H]2CCCN2C(=O)C2CCCCC2)s1. The van der Waals surface area contributed by atoms with E-state index in [1.54, 1.807) is 18.2 Å². The average molecular weight is 429 g/mol. The molecule has 0 bridgehead atoms. The molecule has 1 aromatic heterocycles. The fraction of sp³-hybridized carbons (Fsp3) is 0.524. The second-order valence-corrected chi connectivity index (χ2v) is 9.00. The van der Waals surface area contributed by atoms with E-state index in [0.717, 1.165) is 50.1 Å². The molecule has 1 N–H and O–H groups in total. The number of aromatic nitrogens is 2. The van der Waals surface area contributed by atoms with E-state index in [1.807, 2.05) is 4.90 Å². The number of nitrogens with zero attached hydrogens (tertiary/aromatic N) is 3. The van der Waals surface area contributed by atoms with Gasteiger partial charge in [0.1, 0.15) is 5.01 Å². The van der Waals surface area contributed by atoms with Crippen LogP contribution in [0.25, 0.3) is 0 Å². The predicted octanol–water partition coefficient (Wildman–Crippen LogP) is 3.76. The van der Waals surface area contributed by atoms with E-state index in [2.05, 4.69) is 15.5 Å². The van der Waals surface area contributed by atoms with Gasteiger partial charge in [0.2, 0.25) is 17.7 Å². The zero-order valence-electron chi connectivity index (χ0n) is 16.6. The summed E-state index contributed by atoms with van der Waals surface area (Å²) in [4.78, 5) is 27.7. The summed E-state index contributed by atoms with van der Waals surface area (Å²) in [6.07, 6.45) is 7.31. The van der Waals surface area contributed by atoms with Gasteiger partial charge in [-0.25, -0.2) is 0 Å². The smallest absolute Gasteiger partial charge is 0.286 e. The molecule has 2 aromatic rings. The van der Waals surface area contributed by atoms with E-state index in [-0.39, 0.29) is 30.6 Å². The van der Waals surface area contributed by atoms with Gasteiger partial charge >= 0.3 is 0 Å². The fourth-order valence-corrected chi connectivity index (χ4v) is 5.38. The Balaban J connectivity index is 1.27. The van der Waals surface area contributed by atoms with Gasteiger partial charge in [0, 0.05) is 24.2 Å². The predicted molar refractivity (Wildman–Crippen MR) is 111 cm³/mol. The normalized spacial score (nSPS) is 21.1. The minimum Gasteiger partial charge on any atom is -0.454 e. The maximum absolute atomic E-state index is 13.0. The van der Waals surface area contributed by atoms with Gasteiger partial charge in [0.25, 0.3) is 5.91 Å². The largest absolute Gasteiger partial charge is 0.454 e. The first-order valence-electron chi connectivity index (χ1n) is 10.5. The van der Waals surface area contributed by atoms with Crippen LogP contribution in [0.4, 0.5) is 5.69 Å². The molecule has 9 heteroatoms. The Kier molecular flexibility index (Phi) is 5.28. The Morgan fingerprint density at radius 1 is 1.03 bits per heavy atom. The van der Waals surface area contributed by atoms with Crippen LogP contribution in [-0.2, 0) is 4.79 Å². The van der Waals surface area contributed by atoms with Crippen LogP contribution in [0.5, 0.6) is 11.5 Å². The Morgan fingerprint density at radius 2 is 1.87 bits per heavy atom. The molecule has 30 heavy (non-hydrogen) atoms.